The highest BCUT2D eigenvalue weighted by molar-refractivity contribution is 5.31. The van der Waals surface area contributed by atoms with Crippen molar-refractivity contribution in [3.63, 3.8) is 0 Å². The van der Waals surface area contributed by atoms with Gasteiger partial charge in [-0.3, -0.25) is 0 Å². The quantitative estimate of drug-likeness (QED) is 0.855. The summed E-state index contributed by atoms with van der Waals surface area (Å²) in [5.41, 5.74) is -0.00828. The molecule has 1 atom stereocenters. The molecule has 0 saturated carbocycles. The monoisotopic (exact) mass is 224 g/mol. The Morgan fingerprint density at radius 2 is 2.00 bits per heavy atom. The van der Waals surface area contributed by atoms with Crippen molar-refractivity contribution in [3.8, 4) is 5.75 Å². The molecule has 1 unspecified atom stereocenters. The predicted octanol–water partition coefficient (Wildman–Crippen LogP) is 3.06. The van der Waals surface area contributed by atoms with Crippen LogP contribution < -0.4 is 5.63 Å². The lowest BCUT2D eigenvalue weighted by Gasteiger charge is -2.10. The maximum absolute atomic E-state index is 11.7. The lowest BCUT2D eigenvalue weighted by Crippen LogP contribution is -2.12. The molecule has 1 N–H and O–H groups in total. The van der Waals surface area contributed by atoms with Gasteiger partial charge in [0.1, 0.15) is 11.5 Å². The molecular formula is C13H20O3. The zero-order valence-electron chi connectivity index (χ0n) is 10.4. The molecule has 0 amide bonds. The van der Waals surface area contributed by atoms with E-state index in [0.29, 0.717) is 23.7 Å². The van der Waals surface area contributed by atoms with Crippen LogP contribution in [0.2, 0.25) is 0 Å². The van der Waals surface area contributed by atoms with E-state index in [1.165, 1.54) is 0 Å². The van der Waals surface area contributed by atoms with Gasteiger partial charge in [0.25, 0.3) is 0 Å². The first-order valence-corrected chi connectivity index (χ1v) is 5.81. The van der Waals surface area contributed by atoms with E-state index in [1.54, 1.807) is 6.07 Å². The van der Waals surface area contributed by atoms with Crippen molar-refractivity contribution in [2.24, 2.45) is 5.92 Å². The second-order valence-electron chi connectivity index (χ2n) is 4.71. The molecule has 0 radical (unpaired) electrons. The van der Waals surface area contributed by atoms with Gasteiger partial charge in [0, 0.05) is 12.0 Å². The smallest absolute Gasteiger partial charge is 0.342 e. The lowest BCUT2D eigenvalue weighted by molar-refractivity contribution is 0.389. The van der Waals surface area contributed by atoms with E-state index in [0.717, 1.165) is 6.42 Å². The highest BCUT2D eigenvalue weighted by Gasteiger charge is 2.15. The van der Waals surface area contributed by atoms with E-state index >= 15 is 0 Å². The van der Waals surface area contributed by atoms with Gasteiger partial charge in [0.15, 0.2) is 0 Å². The van der Waals surface area contributed by atoms with Crippen LogP contribution in [0.5, 0.6) is 5.75 Å². The molecule has 0 bridgehead atoms. The fraction of sp³-hybridized carbons (Fsp3) is 0.615. The van der Waals surface area contributed by atoms with Gasteiger partial charge in [-0.15, -0.1) is 0 Å². The molecule has 90 valence electrons. The minimum atomic E-state index is -0.399. The summed E-state index contributed by atoms with van der Waals surface area (Å²) in [5.74, 6) is 1.12. The van der Waals surface area contributed by atoms with Crippen molar-refractivity contribution in [2.45, 2.75) is 46.5 Å². The standard InChI is InChI=1S/C13H20O3/c1-5-9(4)12-7-11(14)10(6-8(2)3)13(15)16-12/h7-9,14H,5-6H2,1-4H3. The molecule has 1 aromatic rings. The van der Waals surface area contributed by atoms with Crippen LogP contribution in [-0.4, -0.2) is 5.11 Å². The maximum atomic E-state index is 11.7. The third-order valence-corrected chi connectivity index (χ3v) is 2.76. The first-order valence-electron chi connectivity index (χ1n) is 5.81. The Morgan fingerprint density at radius 1 is 1.38 bits per heavy atom. The Bertz CT molecular complexity index is 404. The summed E-state index contributed by atoms with van der Waals surface area (Å²) in [5, 5.41) is 9.81. The molecule has 0 aliphatic heterocycles. The second-order valence-corrected chi connectivity index (χ2v) is 4.71. The Kier molecular flexibility index (Phi) is 4.16. The second kappa shape index (κ2) is 5.19. The SMILES string of the molecule is CCC(C)c1cc(O)c(CC(C)C)c(=O)o1. The zero-order chi connectivity index (χ0) is 12.3. The number of hydrogen-bond donors (Lipinski definition) is 1. The minimum Gasteiger partial charge on any atom is -0.507 e. The van der Waals surface area contributed by atoms with Crippen LogP contribution >= 0.6 is 0 Å². The molecule has 0 fully saturated rings. The van der Waals surface area contributed by atoms with E-state index < -0.39 is 5.63 Å². The van der Waals surface area contributed by atoms with Crippen molar-refractivity contribution in [1.82, 2.24) is 0 Å². The average molecular weight is 224 g/mol. The zero-order valence-corrected chi connectivity index (χ0v) is 10.4. The van der Waals surface area contributed by atoms with Crippen LogP contribution in [0.25, 0.3) is 0 Å². The fourth-order valence-electron chi connectivity index (χ4n) is 1.56. The van der Waals surface area contributed by atoms with Gasteiger partial charge >= 0.3 is 5.63 Å². The summed E-state index contributed by atoms with van der Waals surface area (Å²) in [4.78, 5) is 11.7. The summed E-state index contributed by atoms with van der Waals surface area (Å²) < 4.78 is 5.23. The van der Waals surface area contributed by atoms with Crippen LogP contribution in [0.1, 0.15) is 51.4 Å². The lowest BCUT2D eigenvalue weighted by atomic mass is 10.0. The van der Waals surface area contributed by atoms with Crippen molar-refractivity contribution < 1.29 is 9.52 Å². The number of rotatable bonds is 4. The van der Waals surface area contributed by atoms with Crippen LogP contribution in [0, 0.1) is 5.92 Å². The van der Waals surface area contributed by atoms with E-state index in [-0.39, 0.29) is 11.7 Å². The van der Waals surface area contributed by atoms with E-state index in [1.807, 2.05) is 27.7 Å². The molecule has 0 aliphatic rings. The van der Waals surface area contributed by atoms with E-state index in [9.17, 15) is 9.90 Å². The molecule has 3 heteroatoms. The number of aromatic hydroxyl groups is 1. The van der Waals surface area contributed by atoms with Gasteiger partial charge in [-0.2, -0.15) is 0 Å². The van der Waals surface area contributed by atoms with Crippen LogP contribution in [-0.2, 0) is 6.42 Å². The molecule has 0 saturated heterocycles. The van der Waals surface area contributed by atoms with Crippen molar-refractivity contribution in [2.75, 3.05) is 0 Å². The fourth-order valence-corrected chi connectivity index (χ4v) is 1.56. The summed E-state index contributed by atoms with van der Waals surface area (Å²) in [6.45, 7) is 7.99. The summed E-state index contributed by atoms with van der Waals surface area (Å²) in [6.07, 6.45) is 1.43. The van der Waals surface area contributed by atoms with Gasteiger partial charge in [-0.1, -0.05) is 27.7 Å². The Balaban J connectivity index is 3.12. The van der Waals surface area contributed by atoms with Gasteiger partial charge in [0.05, 0.1) is 5.56 Å². The van der Waals surface area contributed by atoms with Gasteiger partial charge in [-0.25, -0.2) is 4.79 Å². The molecule has 3 nitrogen and oxygen atoms in total. The Hall–Kier alpha value is -1.25. The van der Waals surface area contributed by atoms with Crippen molar-refractivity contribution in [3.05, 3.63) is 27.8 Å². The topological polar surface area (TPSA) is 50.4 Å². The van der Waals surface area contributed by atoms with Gasteiger partial charge in [0.2, 0.25) is 0 Å². The van der Waals surface area contributed by atoms with Gasteiger partial charge in [-0.05, 0) is 18.8 Å². The third-order valence-electron chi connectivity index (χ3n) is 2.76. The van der Waals surface area contributed by atoms with Crippen molar-refractivity contribution in [1.29, 1.82) is 0 Å². The minimum absolute atomic E-state index is 0.0697. The number of hydrogen-bond acceptors (Lipinski definition) is 3. The highest BCUT2D eigenvalue weighted by atomic mass is 16.4. The molecule has 1 aromatic heterocycles. The molecule has 0 aromatic carbocycles. The third kappa shape index (κ3) is 2.87. The van der Waals surface area contributed by atoms with Crippen molar-refractivity contribution >= 4 is 0 Å². The molecule has 0 aliphatic carbocycles. The Labute approximate surface area is 96.1 Å². The highest BCUT2D eigenvalue weighted by Crippen LogP contribution is 2.24. The van der Waals surface area contributed by atoms with E-state index in [2.05, 4.69) is 0 Å². The summed E-state index contributed by atoms with van der Waals surface area (Å²) in [6, 6.07) is 1.58. The maximum Gasteiger partial charge on any atom is 0.342 e. The first kappa shape index (κ1) is 12.8. The summed E-state index contributed by atoms with van der Waals surface area (Å²) >= 11 is 0. The average Bonchev–Trinajstić information content (AvgIpc) is 2.21. The largest absolute Gasteiger partial charge is 0.507 e. The molecule has 1 rings (SSSR count). The van der Waals surface area contributed by atoms with E-state index in [4.69, 9.17) is 4.42 Å². The first-order chi connectivity index (χ1) is 7.45. The molecule has 16 heavy (non-hydrogen) atoms. The summed E-state index contributed by atoms with van der Waals surface area (Å²) in [7, 11) is 0. The molecular weight excluding hydrogens is 204 g/mol. The van der Waals surface area contributed by atoms with Crippen LogP contribution in [0.4, 0.5) is 0 Å². The predicted molar refractivity (Wildman–Crippen MR) is 63.9 cm³/mol. The normalized spacial score (nSPS) is 13.1. The molecule has 1 heterocycles. The molecule has 0 spiro atoms. The Morgan fingerprint density at radius 3 is 2.44 bits per heavy atom. The van der Waals surface area contributed by atoms with Crippen LogP contribution in [0.3, 0.4) is 0 Å². The van der Waals surface area contributed by atoms with Gasteiger partial charge < -0.3 is 9.52 Å². The van der Waals surface area contributed by atoms with Crippen LogP contribution in [0.15, 0.2) is 15.3 Å².